The standard InChI is InChI=1S/C14H11FN2O/c15-12-6-7-13-14(8-16-17(13)9-12)18-10-11-4-2-1-3-5-11/h1-9H,10H2. The molecule has 3 nitrogen and oxygen atoms in total. The summed E-state index contributed by atoms with van der Waals surface area (Å²) in [6.45, 7) is 0.472. The van der Waals surface area contributed by atoms with E-state index in [9.17, 15) is 4.39 Å². The van der Waals surface area contributed by atoms with E-state index in [1.807, 2.05) is 30.3 Å². The number of aromatic nitrogens is 2. The van der Waals surface area contributed by atoms with Crippen LogP contribution in [0.5, 0.6) is 5.75 Å². The summed E-state index contributed by atoms with van der Waals surface area (Å²) in [5.41, 5.74) is 1.84. The van der Waals surface area contributed by atoms with Gasteiger partial charge in [0.2, 0.25) is 0 Å². The highest BCUT2D eigenvalue weighted by molar-refractivity contribution is 5.58. The van der Waals surface area contributed by atoms with Crippen molar-refractivity contribution in [1.82, 2.24) is 9.61 Å². The first-order chi connectivity index (χ1) is 8.83. The largest absolute Gasteiger partial charge is 0.485 e. The Morgan fingerprint density at radius 2 is 1.94 bits per heavy atom. The zero-order chi connectivity index (χ0) is 12.4. The van der Waals surface area contributed by atoms with E-state index in [4.69, 9.17) is 4.74 Å². The van der Waals surface area contributed by atoms with Crippen LogP contribution >= 0.6 is 0 Å². The molecular formula is C14H11FN2O. The van der Waals surface area contributed by atoms with Gasteiger partial charge in [-0.2, -0.15) is 5.10 Å². The van der Waals surface area contributed by atoms with Crippen molar-refractivity contribution in [1.29, 1.82) is 0 Å². The van der Waals surface area contributed by atoms with Crippen LogP contribution in [0.3, 0.4) is 0 Å². The van der Waals surface area contributed by atoms with Crippen LogP contribution in [0.2, 0.25) is 0 Å². The van der Waals surface area contributed by atoms with Crippen molar-refractivity contribution in [3.63, 3.8) is 0 Å². The summed E-state index contributed by atoms with van der Waals surface area (Å²) < 4.78 is 20.1. The van der Waals surface area contributed by atoms with Gasteiger partial charge in [-0.3, -0.25) is 0 Å². The summed E-state index contributed by atoms with van der Waals surface area (Å²) >= 11 is 0. The molecule has 3 aromatic rings. The van der Waals surface area contributed by atoms with Gasteiger partial charge in [0, 0.05) is 0 Å². The van der Waals surface area contributed by atoms with E-state index in [2.05, 4.69) is 5.10 Å². The van der Waals surface area contributed by atoms with Crippen LogP contribution in [0, 0.1) is 5.82 Å². The fourth-order valence-corrected chi connectivity index (χ4v) is 1.78. The van der Waals surface area contributed by atoms with Crippen molar-refractivity contribution in [3.05, 3.63) is 66.2 Å². The maximum atomic E-state index is 13.0. The van der Waals surface area contributed by atoms with Gasteiger partial charge in [-0.05, 0) is 17.7 Å². The Morgan fingerprint density at radius 3 is 2.78 bits per heavy atom. The third-order valence-electron chi connectivity index (χ3n) is 2.68. The number of halogens is 1. The average molecular weight is 242 g/mol. The van der Waals surface area contributed by atoms with Crippen molar-refractivity contribution in [2.24, 2.45) is 0 Å². The lowest BCUT2D eigenvalue weighted by Gasteiger charge is -2.04. The van der Waals surface area contributed by atoms with E-state index in [0.29, 0.717) is 12.4 Å². The Morgan fingerprint density at radius 1 is 1.11 bits per heavy atom. The summed E-state index contributed by atoms with van der Waals surface area (Å²) in [5, 5.41) is 4.04. The van der Waals surface area contributed by atoms with Gasteiger partial charge in [-0.1, -0.05) is 30.3 Å². The average Bonchev–Trinajstić information content (AvgIpc) is 2.80. The summed E-state index contributed by atoms with van der Waals surface area (Å²) in [6, 6.07) is 12.9. The third kappa shape index (κ3) is 2.05. The van der Waals surface area contributed by atoms with Crippen molar-refractivity contribution >= 4 is 5.52 Å². The minimum Gasteiger partial charge on any atom is -0.485 e. The molecule has 0 saturated carbocycles. The lowest BCUT2D eigenvalue weighted by molar-refractivity contribution is 0.310. The summed E-state index contributed by atoms with van der Waals surface area (Å²) in [5.74, 6) is 0.332. The normalized spacial score (nSPS) is 10.7. The molecule has 2 heterocycles. The van der Waals surface area contributed by atoms with Gasteiger partial charge in [-0.25, -0.2) is 8.91 Å². The Hall–Kier alpha value is -2.36. The maximum absolute atomic E-state index is 13.0. The second-order valence-electron chi connectivity index (χ2n) is 3.96. The Kier molecular flexibility index (Phi) is 2.68. The molecule has 0 aliphatic carbocycles. The van der Waals surface area contributed by atoms with E-state index in [1.54, 1.807) is 12.3 Å². The van der Waals surface area contributed by atoms with Gasteiger partial charge >= 0.3 is 0 Å². The molecule has 0 N–H and O–H groups in total. The summed E-state index contributed by atoms with van der Waals surface area (Å²) in [7, 11) is 0. The zero-order valence-electron chi connectivity index (χ0n) is 9.58. The van der Waals surface area contributed by atoms with E-state index in [-0.39, 0.29) is 5.82 Å². The summed E-state index contributed by atoms with van der Waals surface area (Å²) in [6.07, 6.45) is 2.92. The molecule has 0 atom stereocenters. The summed E-state index contributed by atoms with van der Waals surface area (Å²) in [4.78, 5) is 0. The van der Waals surface area contributed by atoms with Crippen LogP contribution in [0.15, 0.2) is 54.9 Å². The topological polar surface area (TPSA) is 26.5 Å². The monoisotopic (exact) mass is 242 g/mol. The molecule has 0 fully saturated rings. The van der Waals surface area contributed by atoms with Crippen LogP contribution in [0.1, 0.15) is 5.56 Å². The first-order valence-corrected chi connectivity index (χ1v) is 5.62. The first kappa shape index (κ1) is 10.8. The molecule has 0 aliphatic heterocycles. The predicted octanol–water partition coefficient (Wildman–Crippen LogP) is 3.05. The van der Waals surface area contributed by atoms with Crippen LogP contribution in [-0.2, 0) is 6.61 Å². The first-order valence-electron chi connectivity index (χ1n) is 5.62. The smallest absolute Gasteiger partial charge is 0.165 e. The molecule has 1 aromatic carbocycles. The highest BCUT2D eigenvalue weighted by atomic mass is 19.1. The molecular weight excluding hydrogens is 231 g/mol. The number of hydrogen-bond acceptors (Lipinski definition) is 2. The second-order valence-corrected chi connectivity index (χ2v) is 3.96. The second kappa shape index (κ2) is 4.49. The quantitative estimate of drug-likeness (QED) is 0.705. The fraction of sp³-hybridized carbons (Fsp3) is 0.0714. The van der Waals surface area contributed by atoms with Gasteiger partial charge in [0.25, 0.3) is 0 Å². The van der Waals surface area contributed by atoms with Gasteiger partial charge < -0.3 is 4.74 Å². The number of fused-ring (bicyclic) bond motifs is 1. The van der Waals surface area contributed by atoms with Crippen LogP contribution < -0.4 is 4.74 Å². The number of nitrogens with zero attached hydrogens (tertiary/aromatic N) is 2. The van der Waals surface area contributed by atoms with Gasteiger partial charge in [0.1, 0.15) is 17.9 Å². The van der Waals surface area contributed by atoms with E-state index in [0.717, 1.165) is 11.1 Å². The van der Waals surface area contributed by atoms with Gasteiger partial charge in [-0.15, -0.1) is 0 Å². The Labute approximate surface area is 103 Å². The lowest BCUT2D eigenvalue weighted by Crippen LogP contribution is -1.94. The minimum absolute atomic E-state index is 0.319. The van der Waals surface area contributed by atoms with E-state index >= 15 is 0 Å². The SMILES string of the molecule is Fc1ccc2c(OCc3ccccc3)cnn2c1. The highest BCUT2D eigenvalue weighted by Crippen LogP contribution is 2.20. The number of rotatable bonds is 3. The maximum Gasteiger partial charge on any atom is 0.165 e. The fourth-order valence-electron chi connectivity index (χ4n) is 1.78. The van der Waals surface area contributed by atoms with Crippen LogP contribution in [-0.4, -0.2) is 9.61 Å². The van der Waals surface area contributed by atoms with Crippen molar-refractivity contribution in [2.75, 3.05) is 0 Å². The van der Waals surface area contributed by atoms with Crippen LogP contribution in [0.4, 0.5) is 4.39 Å². The molecule has 0 radical (unpaired) electrons. The van der Waals surface area contributed by atoms with Crippen molar-refractivity contribution < 1.29 is 9.13 Å². The molecule has 3 rings (SSSR count). The molecule has 0 amide bonds. The van der Waals surface area contributed by atoms with Gasteiger partial charge in [0.05, 0.1) is 12.4 Å². The van der Waals surface area contributed by atoms with Crippen LogP contribution in [0.25, 0.3) is 5.52 Å². The number of hydrogen-bond donors (Lipinski definition) is 0. The third-order valence-corrected chi connectivity index (χ3v) is 2.68. The molecule has 0 bridgehead atoms. The molecule has 0 spiro atoms. The van der Waals surface area contributed by atoms with Crippen molar-refractivity contribution in [3.8, 4) is 5.75 Å². The molecule has 18 heavy (non-hydrogen) atoms. The number of ether oxygens (including phenoxy) is 1. The predicted molar refractivity (Wildman–Crippen MR) is 65.9 cm³/mol. The van der Waals surface area contributed by atoms with E-state index in [1.165, 1.54) is 16.8 Å². The Bertz CT molecular complexity index is 664. The molecule has 2 aromatic heterocycles. The van der Waals surface area contributed by atoms with Crippen molar-refractivity contribution in [2.45, 2.75) is 6.61 Å². The Balaban J connectivity index is 1.83. The highest BCUT2D eigenvalue weighted by Gasteiger charge is 2.05. The molecule has 0 aliphatic rings. The molecule has 0 unspecified atom stereocenters. The number of pyridine rings is 1. The molecule has 90 valence electrons. The van der Waals surface area contributed by atoms with Gasteiger partial charge in [0.15, 0.2) is 5.75 Å². The molecule has 0 saturated heterocycles. The molecule has 4 heteroatoms. The number of benzene rings is 1. The zero-order valence-corrected chi connectivity index (χ0v) is 9.58. The lowest BCUT2D eigenvalue weighted by atomic mass is 10.2. The minimum atomic E-state index is -0.319. The van der Waals surface area contributed by atoms with E-state index < -0.39 is 0 Å².